The minimum atomic E-state index is -1.28. The van der Waals surface area contributed by atoms with Gasteiger partial charge in [0, 0.05) is 0 Å². The van der Waals surface area contributed by atoms with Crippen molar-refractivity contribution in [1.82, 2.24) is 4.90 Å². The van der Waals surface area contributed by atoms with Crippen molar-refractivity contribution < 1.29 is 29.9 Å². The normalized spacial score (nSPS) is 36.0. The monoisotopic (exact) mass is 265 g/mol. The van der Waals surface area contributed by atoms with Crippen molar-refractivity contribution in [3.05, 3.63) is 0 Å². The first-order valence-electron chi connectivity index (χ1n) is 6.04. The van der Waals surface area contributed by atoms with Gasteiger partial charge in [0.05, 0.1) is 6.61 Å². The molecule has 1 aliphatic heterocycles. The molecular weight excluding hydrogens is 242 g/mol. The molecule has 6 atom stereocenters. The summed E-state index contributed by atoms with van der Waals surface area (Å²) >= 11 is 0. The van der Waals surface area contributed by atoms with E-state index in [1.807, 2.05) is 25.9 Å². The average Bonchev–Trinajstić information content (AvgIpc) is 2.62. The van der Waals surface area contributed by atoms with Crippen LogP contribution in [0.2, 0.25) is 0 Å². The number of aliphatic hydroxyl groups is 4. The highest BCUT2D eigenvalue weighted by molar-refractivity contribution is 4.90. The lowest BCUT2D eigenvalue weighted by atomic mass is 10.1. The highest BCUT2D eigenvalue weighted by Crippen LogP contribution is 2.26. The molecule has 0 spiro atoms. The number of nitrogens with zero attached hydrogens (tertiary/aromatic N) is 1. The zero-order valence-electron chi connectivity index (χ0n) is 10.9. The second kappa shape index (κ2) is 6.76. The molecule has 108 valence electrons. The SMILES string of the molecule is CCC(OC1O[C@H]([C@H](O)CO)[C@H](O)[C@H]1O)N(C)C. The van der Waals surface area contributed by atoms with Crippen LogP contribution >= 0.6 is 0 Å². The lowest BCUT2D eigenvalue weighted by Gasteiger charge is -2.27. The molecular formula is C11H23NO6. The van der Waals surface area contributed by atoms with Crippen LogP contribution < -0.4 is 0 Å². The molecule has 18 heavy (non-hydrogen) atoms. The van der Waals surface area contributed by atoms with Crippen LogP contribution in [0.25, 0.3) is 0 Å². The van der Waals surface area contributed by atoms with Crippen molar-refractivity contribution in [2.24, 2.45) is 0 Å². The van der Waals surface area contributed by atoms with Gasteiger partial charge in [0.1, 0.15) is 30.6 Å². The highest BCUT2D eigenvalue weighted by atomic mass is 16.7. The fourth-order valence-electron chi connectivity index (χ4n) is 1.94. The van der Waals surface area contributed by atoms with Gasteiger partial charge in [0.2, 0.25) is 0 Å². The topological polar surface area (TPSA) is 103 Å². The summed E-state index contributed by atoms with van der Waals surface area (Å²) in [6, 6.07) is 0. The predicted molar refractivity (Wildman–Crippen MR) is 62.6 cm³/mol. The summed E-state index contributed by atoms with van der Waals surface area (Å²) in [5.74, 6) is 0. The first-order valence-corrected chi connectivity index (χ1v) is 6.04. The van der Waals surface area contributed by atoms with Crippen molar-refractivity contribution in [2.45, 2.75) is 50.3 Å². The van der Waals surface area contributed by atoms with Crippen LogP contribution in [0.3, 0.4) is 0 Å². The molecule has 1 heterocycles. The van der Waals surface area contributed by atoms with E-state index in [4.69, 9.17) is 14.6 Å². The Morgan fingerprint density at radius 2 is 1.89 bits per heavy atom. The van der Waals surface area contributed by atoms with E-state index in [-0.39, 0.29) is 6.23 Å². The summed E-state index contributed by atoms with van der Waals surface area (Å²) < 4.78 is 10.8. The molecule has 0 aromatic carbocycles. The van der Waals surface area contributed by atoms with Gasteiger partial charge < -0.3 is 29.9 Å². The summed E-state index contributed by atoms with van der Waals surface area (Å²) in [6.07, 6.45) is -5.41. The van der Waals surface area contributed by atoms with Crippen LogP contribution in [0.1, 0.15) is 13.3 Å². The largest absolute Gasteiger partial charge is 0.394 e. The molecule has 0 aliphatic carbocycles. The number of hydrogen-bond donors (Lipinski definition) is 4. The summed E-state index contributed by atoms with van der Waals surface area (Å²) in [4.78, 5) is 1.82. The quantitative estimate of drug-likeness (QED) is 0.416. The van der Waals surface area contributed by atoms with Gasteiger partial charge in [-0.3, -0.25) is 4.90 Å². The average molecular weight is 265 g/mol. The number of aliphatic hydroxyl groups excluding tert-OH is 4. The Morgan fingerprint density at radius 1 is 1.28 bits per heavy atom. The lowest BCUT2D eigenvalue weighted by molar-refractivity contribution is -0.225. The third-order valence-electron chi connectivity index (χ3n) is 3.04. The Kier molecular flexibility index (Phi) is 5.93. The molecule has 7 nitrogen and oxygen atoms in total. The van der Waals surface area contributed by atoms with Crippen LogP contribution in [-0.4, -0.2) is 83.0 Å². The molecule has 0 aromatic heterocycles. The molecule has 1 saturated heterocycles. The van der Waals surface area contributed by atoms with Crippen molar-refractivity contribution in [2.75, 3.05) is 20.7 Å². The second-order valence-electron chi connectivity index (χ2n) is 4.66. The van der Waals surface area contributed by atoms with Gasteiger partial charge in [-0.15, -0.1) is 0 Å². The molecule has 1 aliphatic rings. The number of ether oxygens (including phenoxy) is 2. The maximum Gasteiger partial charge on any atom is 0.188 e. The van der Waals surface area contributed by atoms with Crippen molar-refractivity contribution in [1.29, 1.82) is 0 Å². The van der Waals surface area contributed by atoms with E-state index in [9.17, 15) is 15.3 Å². The zero-order chi connectivity index (χ0) is 13.9. The lowest BCUT2D eigenvalue weighted by Crippen LogP contribution is -2.41. The smallest absolute Gasteiger partial charge is 0.188 e. The Balaban J connectivity index is 2.63. The first kappa shape index (κ1) is 15.8. The van der Waals surface area contributed by atoms with Crippen molar-refractivity contribution >= 4 is 0 Å². The van der Waals surface area contributed by atoms with E-state index in [0.717, 1.165) is 0 Å². The molecule has 7 heteroatoms. The molecule has 0 bridgehead atoms. The third kappa shape index (κ3) is 3.39. The van der Waals surface area contributed by atoms with Gasteiger partial charge in [-0.25, -0.2) is 0 Å². The molecule has 0 radical (unpaired) electrons. The molecule has 0 amide bonds. The zero-order valence-corrected chi connectivity index (χ0v) is 10.9. The maximum atomic E-state index is 9.79. The standard InChI is InChI=1S/C11H23NO6/c1-4-7(12(2)3)17-11-9(16)8(15)10(18-11)6(14)5-13/h6-11,13-16H,4-5H2,1-3H3/t6-,7?,8-,9-,10-,11?/m1/s1. The van der Waals surface area contributed by atoms with E-state index >= 15 is 0 Å². The summed E-state index contributed by atoms with van der Waals surface area (Å²) in [7, 11) is 3.65. The molecule has 1 fully saturated rings. The highest BCUT2D eigenvalue weighted by Gasteiger charge is 2.47. The number of hydrogen-bond acceptors (Lipinski definition) is 7. The summed E-state index contributed by atoms with van der Waals surface area (Å²) in [5.41, 5.74) is 0. The minimum absolute atomic E-state index is 0.262. The van der Waals surface area contributed by atoms with Crippen LogP contribution in [0.15, 0.2) is 0 Å². The fourth-order valence-corrected chi connectivity index (χ4v) is 1.94. The Hall–Kier alpha value is -0.280. The Bertz CT molecular complexity index is 252. The summed E-state index contributed by atoms with van der Waals surface area (Å²) in [5, 5.41) is 37.8. The van der Waals surface area contributed by atoms with Gasteiger partial charge in [0.15, 0.2) is 6.29 Å². The second-order valence-corrected chi connectivity index (χ2v) is 4.66. The van der Waals surface area contributed by atoms with Crippen molar-refractivity contribution in [3.8, 4) is 0 Å². The van der Waals surface area contributed by atoms with Gasteiger partial charge >= 0.3 is 0 Å². The van der Waals surface area contributed by atoms with Crippen LogP contribution in [0.5, 0.6) is 0 Å². The predicted octanol–water partition coefficient (Wildman–Crippen LogP) is -1.90. The summed E-state index contributed by atoms with van der Waals surface area (Å²) in [6.45, 7) is 1.37. The van der Waals surface area contributed by atoms with Gasteiger partial charge in [-0.2, -0.15) is 0 Å². The molecule has 0 aromatic rings. The van der Waals surface area contributed by atoms with E-state index in [1.54, 1.807) is 0 Å². The van der Waals surface area contributed by atoms with Crippen LogP contribution in [0.4, 0.5) is 0 Å². The van der Waals surface area contributed by atoms with Crippen LogP contribution in [0, 0.1) is 0 Å². The van der Waals surface area contributed by atoms with E-state index in [0.29, 0.717) is 6.42 Å². The number of rotatable bonds is 6. The van der Waals surface area contributed by atoms with E-state index in [2.05, 4.69) is 0 Å². The molecule has 1 rings (SSSR count). The van der Waals surface area contributed by atoms with E-state index in [1.165, 1.54) is 0 Å². The fraction of sp³-hybridized carbons (Fsp3) is 1.00. The third-order valence-corrected chi connectivity index (χ3v) is 3.04. The van der Waals surface area contributed by atoms with Crippen molar-refractivity contribution in [3.63, 3.8) is 0 Å². The van der Waals surface area contributed by atoms with E-state index < -0.39 is 37.3 Å². The van der Waals surface area contributed by atoms with Gasteiger partial charge in [-0.1, -0.05) is 6.92 Å². The van der Waals surface area contributed by atoms with Gasteiger partial charge in [-0.05, 0) is 20.5 Å². The molecule has 4 N–H and O–H groups in total. The molecule has 2 unspecified atom stereocenters. The first-order chi connectivity index (χ1) is 8.42. The maximum absolute atomic E-state index is 9.79. The Labute approximate surface area is 107 Å². The van der Waals surface area contributed by atoms with Gasteiger partial charge in [0.25, 0.3) is 0 Å². The minimum Gasteiger partial charge on any atom is -0.394 e. The van der Waals surface area contributed by atoms with Crippen LogP contribution in [-0.2, 0) is 9.47 Å². The molecule has 0 saturated carbocycles. The Morgan fingerprint density at radius 3 is 2.33 bits per heavy atom.